The number of nitrogens with zero attached hydrogens (tertiary/aromatic N) is 1. The van der Waals surface area contributed by atoms with Crippen LogP contribution < -0.4 is 5.73 Å². The number of thiazole rings is 1. The van der Waals surface area contributed by atoms with Crippen LogP contribution in [0.25, 0.3) is 0 Å². The molecule has 0 saturated heterocycles. The van der Waals surface area contributed by atoms with E-state index >= 15 is 0 Å². The van der Waals surface area contributed by atoms with E-state index in [0.717, 1.165) is 11.8 Å². The van der Waals surface area contributed by atoms with Crippen LogP contribution in [-0.4, -0.2) is 4.98 Å². The second-order valence-corrected chi connectivity index (χ2v) is 5.94. The summed E-state index contributed by atoms with van der Waals surface area (Å²) in [6.45, 7) is 0.691. The molecule has 0 aromatic carbocycles. The quantitative estimate of drug-likeness (QED) is 0.853. The molecule has 0 amide bonds. The average Bonchev–Trinajstić information content (AvgIpc) is 2.83. The lowest BCUT2D eigenvalue weighted by molar-refractivity contribution is 0.711. The Labute approximate surface area is 94.9 Å². The summed E-state index contributed by atoms with van der Waals surface area (Å²) in [6, 6.07) is 0. The van der Waals surface area contributed by atoms with Crippen molar-refractivity contribution in [3.8, 4) is 0 Å². The molecule has 0 spiro atoms. The van der Waals surface area contributed by atoms with Crippen LogP contribution in [0.3, 0.4) is 0 Å². The van der Waals surface area contributed by atoms with Crippen LogP contribution in [0.2, 0.25) is 0 Å². The van der Waals surface area contributed by atoms with E-state index in [-0.39, 0.29) is 0 Å². The predicted molar refractivity (Wildman–Crippen MR) is 63.2 cm³/mol. The zero-order chi connectivity index (χ0) is 10.3. The Bertz CT molecular complexity index is 349. The molecule has 2 aliphatic carbocycles. The zero-order valence-corrected chi connectivity index (χ0v) is 9.85. The summed E-state index contributed by atoms with van der Waals surface area (Å²) in [6.07, 6.45) is 8.15. The standard InChI is InChI=1S/C12H18N2S/c13-7-10-11(8-5-6-8)14-12(15-10)9-3-1-2-4-9/h8-9H,1-7,13H2. The van der Waals surface area contributed by atoms with E-state index in [4.69, 9.17) is 10.7 Å². The molecule has 2 nitrogen and oxygen atoms in total. The smallest absolute Gasteiger partial charge is 0.0962 e. The van der Waals surface area contributed by atoms with Crippen LogP contribution in [0.4, 0.5) is 0 Å². The topological polar surface area (TPSA) is 38.9 Å². The second kappa shape index (κ2) is 3.87. The van der Waals surface area contributed by atoms with Crippen LogP contribution in [0.1, 0.15) is 65.9 Å². The van der Waals surface area contributed by atoms with Crippen LogP contribution in [-0.2, 0) is 6.54 Å². The van der Waals surface area contributed by atoms with Crippen molar-refractivity contribution >= 4 is 11.3 Å². The Hall–Kier alpha value is -0.410. The molecular formula is C12H18N2S. The molecule has 2 N–H and O–H groups in total. The van der Waals surface area contributed by atoms with Gasteiger partial charge in [0.15, 0.2) is 0 Å². The van der Waals surface area contributed by atoms with Crippen molar-refractivity contribution in [3.63, 3.8) is 0 Å². The third-order valence-electron chi connectivity index (χ3n) is 3.60. The number of hydrogen-bond acceptors (Lipinski definition) is 3. The Morgan fingerprint density at radius 1 is 1.13 bits per heavy atom. The molecule has 2 aliphatic rings. The Balaban J connectivity index is 1.88. The van der Waals surface area contributed by atoms with Gasteiger partial charge in [-0.05, 0) is 25.7 Å². The van der Waals surface area contributed by atoms with Crippen molar-refractivity contribution < 1.29 is 0 Å². The molecule has 0 aliphatic heterocycles. The number of rotatable bonds is 3. The summed E-state index contributed by atoms with van der Waals surface area (Å²) < 4.78 is 0. The summed E-state index contributed by atoms with van der Waals surface area (Å²) in [5.41, 5.74) is 7.15. The third kappa shape index (κ3) is 1.83. The molecule has 1 heterocycles. The lowest BCUT2D eigenvalue weighted by Gasteiger charge is -2.02. The van der Waals surface area contributed by atoms with Crippen molar-refractivity contribution in [2.75, 3.05) is 0 Å². The highest BCUT2D eigenvalue weighted by atomic mass is 32.1. The first-order valence-corrected chi connectivity index (χ1v) is 6.89. The highest BCUT2D eigenvalue weighted by Crippen LogP contribution is 2.45. The van der Waals surface area contributed by atoms with Gasteiger partial charge in [-0.15, -0.1) is 11.3 Å². The Morgan fingerprint density at radius 2 is 1.87 bits per heavy atom. The summed E-state index contributed by atoms with van der Waals surface area (Å²) in [7, 11) is 0. The van der Waals surface area contributed by atoms with Gasteiger partial charge in [0.05, 0.1) is 10.7 Å². The van der Waals surface area contributed by atoms with E-state index in [1.165, 1.54) is 54.1 Å². The van der Waals surface area contributed by atoms with Gasteiger partial charge < -0.3 is 5.73 Å². The molecule has 0 bridgehead atoms. The second-order valence-electron chi connectivity index (χ2n) is 4.82. The van der Waals surface area contributed by atoms with Gasteiger partial charge in [0, 0.05) is 23.3 Å². The fourth-order valence-electron chi connectivity index (χ4n) is 2.55. The normalized spacial score (nSPS) is 22.5. The van der Waals surface area contributed by atoms with E-state index in [9.17, 15) is 0 Å². The Kier molecular flexibility index (Phi) is 2.53. The first-order chi connectivity index (χ1) is 7.38. The van der Waals surface area contributed by atoms with Crippen LogP contribution in [0.15, 0.2) is 0 Å². The summed E-state index contributed by atoms with van der Waals surface area (Å²) in [5, 5.41) is 1.38. The fourth-order valence-corrected chi connectivity index (χ4v) is 3.75. The summed E-state index contributed by atoms with van der Waals surface area (Å²) in [4.78, 5) is 6.22. The largest absolute Gasteiger partial charge is 0.326 e. The van der Waals surface area contributed by atoms with E-state index in [1.807, 2.05) is 11.3 Å². The molecule has 2 saturated carbocycles. The van der Waals surface area contributed by atoms with E-state index in [2.05, 4.69) is 0 Å². The molecule has 3 heteroatoms. The van der Waals surface area contributed by atoms with E-state index in [1.54, 1.807) is 0 Å². The van der Waals surface area contributed by atoms with Crippen molar-refractivity contribution in [1.29, 1.82) is 0 Å². The molecule has 1 aromatic rings. The van der Waals surface area contributed by atoms with Crippen molar-refractivity contribution in [2.45, 2.75) is 56.9 Å². The van der Waals surface area contributed by atoms with Gasteiger partial charge in [0.2, 0.25) is 0 Å². The summed E-state index contributed by atoms with van der Waals surface area (Å²) in [5.74, 6) is 1.52. The summed E-state index contributed by atoms with van der Waals surface area (Å²) >= 11 is 1.89. The van der Waals surface area contributed by atoms with Gasteiger partial charge in [-0.1, -0.05) is 12.8 Å². The average molecular weight is 222 g/mol. The van der Waals surface area contributed by atoms with E-state index in [0.29, 0.717) is 6.54 Å². The molecule has 82 valence electrons. The lowest BCUT2D eigenvalue weighted by atomic mass is 10.1. The first-order valence-electron chi connectivity index (χ1n) is 6.08. The molecular weight excluding hydrogens is 204 g/mol. The minimum atomic E-state index is 0.691. The molecule has 0 atom stereocenters. The SMILES string of the molecule is NCc1sc(C2CCCC2)nc1C1CC1. The minimum absolute atomic E-state index is 0.691. The molecule has 3 rings (SSSR count). The Morgan fingerprint density at radius 3 is 2.47 bits per heavy atom. The fraction of sp³-hybridized carbons (Fsp3) is 0.750. The maximum absolute atomic E-state index is 5.80. The highest BCUT2D eigenvalue weighted by Gasteiger charge is 2.31. The van der Waals surface area contributed by atoms with Gasteiger partial charge in [-0.25, -0.2) is 4.98 Å². The van der Waals surface area contributed by atoms with Crippen LogP contribution in [0, 0.1) is 0 Å². The van der Waals surface area contributed by atoms with Crippen LogP contribution >= 0.6 is 11.3 Å². The highest BCUT2D eigenvalue weighted by molar-refractivity contribution is 7.11. The first kappa shape index (κ1) is 9.79. The lowest BCUT2D eigenvalue weighted by Crippen LogP contribution is -1.97. The molecule has 1 aromatic heterocycles. The van der Waals surface area contributed by atoms with E-state index < -0.39 is 0 Å². The molecule has 15 heavy (non-hydrogen) atoms. The monoisotopic (exact) mass is 222 g/mol. The van der Waals surface area contributed by atoms with Gasteiger partial charge in [-0.3, -0.25) is 0 Å². The van der Waals surface area contributed by atoms with Gasteiger partial charge >= 0.3 is 0 Å². The minimum Gasteiger partial charge on any atom is -0.326 e. The van der Waals surface area contributed by atoms with Crippen LogP contribution in [0.5, 0.6) is 0 Å². The maximum Gasteiger partial charge on any atom is 0.0962 e. The molecule has 0 unspecified atom stereocenters. The van der Waals surface area contributed by atoms with Gasteiger partial charge in [0.1, 0.15) is 0 Å². The molecule has 0 radical (unpaired) electrons. The van der Waals surface area contributed by atoms with Crippen molar-refractivity contribution in [1.82, 2.24) is 4.98 Å². The third-order valence-corrected chi connectivity index (χ3v) is 4.85. The van der Waals surface area contributed by atoms with Crippen molar-refractivity contribution in [3.05, 3.63) is 15.6 Å². The van der Waals surface area contributed by atoms with Gasteiger partial charge in [-0.2, -0.15) is 0 Å². The molecule has 2 fully saturated rings. The predicted octanol–water partition coefficient (Wildman–Crippen LogP) is 3.14. The number of nitrogens with two attached hydrogens (primary N) is 1. The number of aromatic nitrogens is 1. The zero-order valence-electron chi connectivity index (χ0n) is 9.04. The maximum atomic E-state index is 5.80. The number of hydrogen-bond donors (Lipinski definition) is 1. The van der Waals surface area contributed by atoms with Gasteiger partial charge in [0.25, 0.3) is 0 Å². The van der Waals surface area contributed by atoms with Crippen molar-refractivity contribution in [2.24, 2.45) is 5.73 Å².